The lowest BCUT2D eigenvalue weighted by molar-refractivity contribution is -0.137. The average molecular weight is 459 g/mol. The van der Waals surface area contributed by atoms with Crippen LogP contribution in [0.4, 0.5) is 0 Å². The lowest BCUT2D eigenvalue weighted by Crippen LogP contribution is -2.44. The van der Waals surface area contributed by atoms with Crippen molar-refractivity contribution >= 4 is 15.9 Å². The van der Waals surface area contributed by atoms with Gasteiger partial charge in [0.25, 0.3) is 0 Å². The zero-order chi connectivity index (χ0) is 22.7. The predicted molar refractivity (Wildman–Crippen MR) is 121 cm³/mol. The normalized spacial score (nSPS) is 20.3. The van der Waals surface area contributed by atoms with Crippen molar-refractivity contribution in [2.45, 2.75) is 36.6 Å². The summed E-state index contributed by atoms with van der Waals surface area (Å²) in [6.07, 6.45) is 2.89. The molecule has 0 N–H and O–H groups in total. The molecule has 2 saturated heterocycles. The van der Waals surface area contributed by atoms with Crippen molar-refractivity contribution < 1.29 is 22.7 Å². The van der Waals surface area contributed by atoms with E-state index in [4.69, 9.17) is 9.47 Å². The maximum absolute atomic E-state index is 13.4. The van der Waals surface area contributed by atoms with Crippen molar-refractivity contribution in [1.82, 2.24) is 9.21 Å². The molecule has 2 aliphatic heterocycles. The first kappa shape index (κ1) is 22.6. The Kier molecular flexibility index (Phi) is 6.71. The number of ether oxygens (including phenoxy) is 2. The van der Waals surface area contributed by atoms with Gasteiger partial charge in [0.1, 0.15) is 11.5 Å². The molecule has 7 nitrogen and oxygen atoms in total. The quantitative estimate of drug-likeness (QED) is 0.663. The van der Waals surface area contributed by atoms with E-state index in [1.807, 2.05) is 23.1 Å². The molecule has 2 aromatic rings. The zero-order valence-corrected chi connectivity index (χ0v) is 19.4. The number of methoxy groups -OCH3 is 2. The average Bonchev–Trinajstić information content (AvgIpc) is 3.33. The molecule has 0 bridgehead atoms. The van der Waals surface area contributed by atoms with Gasteiger partial charge < -0.3 is 14.4 Å². The molecule has 0 radical (unpaired) electrons. The summed E-state index contributed by atoms with van der Waals surface area (Å²) in [4.78, 5) is 15.7. The number of sulfonamides is 1. The van der Waals surface area contributed by atoms with E-state index in [1.165, 1.54) is 4.31 Å². The van der Waals surface area contributed by atoms with Crippen LogP contribution in [0.2, 0.25) is 0 Å². The number of carbonyl (C=O) groups is 1. The number of benzene rings is 2. The number of piperidine rings is 1. The highest BCUT2D eigenvalue weighted by atomic mass is 32.2. The molecule has 0 aliphatic carbocycles. The Hall–Kier alpha value is -2.58. The van der Waals surface area contributed by atoms with Crippen LogP contribution in [0.3, 0.4) is 0 Å². The van der Waals surface area contributed by atoms with Crippen LogP contribution in [-0.2, 0) is 14.8 Å². The minimum absolute atomic E-state index is 0.0329. The number of hydrogen-bond acceptors (Lipinski definition) is 5. The highest BCUT2D eigenvalue weighted by Gasteiger charge is 2.38. The molecule has 0 spiro atoms. The molecule has 0 aromatic heterocycles. The van der Waals surface area contributed by atoms with Crippen molar-refractivity contribution in [2.24, 2.45) is 5.92 Å². The molecule has 2 aliphatic rings. The van der Waals surface area contributed by atoms with E-state index in [0.717, 1.165) is 24.2 Å². The van der Waals surface area contributed by atoms with E-state index in [-0.39, 0.29) is 17.9 Å². The van der Waals surface area contributed by atoms with Crippen molar-refractivity contribution in [2.75, 3.05) is 33.9 Å². The van der Waals surface area contributed by atoms with Gasteiger partial charge in [0.05, 0.1) is 25.2 Å². The summed E-state index contributed by atoms with van der Waals surface area (Å²) in [7, 11) is -0.277. The third-order valence-electron chi connectivity index (χ3n) is 6.52. The van der Waals surface area contributed by atoms with Gasteiger partial charge in [-0.25, -0.2) is 8.42 Å². The first-order valence-electron chi connectivity index (χ1n) is 11.0. The summed E-state index contributed by atoms with van der Waals surface area (Å²) in [5.74, 6) is 1.38. The van der Waals surface area contributed by atoms with Gasteiger partial charge in [-0.1, -0.05) is 18.2 Å². The van der Waals surface area contributed by atoms with Gasteiger partial charge in [-0.2, -0.15) is 4.31 Å². The Morgan fingerprint density at radius 3 is 2.31 bits per heavy atom. The lowest BCUT2D eigenvalue weighted by Gasteiger charge is -2.34. The summed E-state index contributed by atoms with van der Waals surface area (Å²) in [5.41, 5.74) is 0.989. The molecule has 172 valence electrons. The lowest BCUT2D eigenvalue weighted by atomic mass is 9.95. The van der Waals surface area contributed by atoms with Crippen LogP contribution >= 0.6 is 0 Å². The molecule has 32 heavy (non-hydrogen) atoms. The fourth-order valence-electron chi connectivity index (χ4n) is 4.77. The van der Waals surface area contributed by atoms with Gasteiger partial charge >= 0.3 is 0 Å². The first-order valence-corrected chi connectivity index (χ1v) is 12.5. The second-order valence-corrected chi connectivity index (χ2v) is 10.2. The fraction of sp³-hybridized carbons (Fsp3) is 0.458. The van der Waals surface area contributed by atoms with Crippen LogP contribution in [0, 0.1) is 5.92 Å². The standard InChI is InChI=1S/C24H30N2O5S/c1-30-19-10-11-21(23(17-19)31-2)22-9-6-14-26(22)24(27)18-12-15-25(16-13-18)32(28,29)20-7-4-3-5-8-20/h3-5,7-8,10-11,17-18,22H,6,9,12-16H2,1-2H3/t22-/m1/s1. The molecular weight excluding hydrogens is 428 g/mol. The maximum Gasteiger partial charge on any atom is 0.243 e. The second kappa shape index (κ2) is 9.50. The first-order chi connectivity index (χ1) is 15.5. The minimum atomic E-state index is -3.52. The molecule has 4 rings (SSSR count). The molecule has 2 fully saturated rings. The number of rotatable bonds is 6. The summed E-state index contributed by atoms with van der Waals surface area (Å²) in [6, 6.07) is 14.2. The number of likely N-dealkylation sites (tertiary alicyclic amines) is 1. The van der Waals surface area contributed by atoms with Gasteiger partial charge in [0, 0.05) is 37.2 Å². The Bertz CT molecular complexity index is 1050. The Morgan fingerprint density at radius 1 is 0.938 bits per heavy atom. The third-order valence-corrected chi connectivity index (χ3v) is 8.43. The Balaban J connectivity index is 1.45. The van der Waals surface area contributed by atoms with E-state index in [2.05, 4.69) is 0 Å². The summed E-state index contributed by atoms with van der Waals surface area (Å²) in [5, 5.41) is 0. The molecule has 1 amide bonds. The van der Waals surface area contributed by atoms with E-state index in [1.54, 1.807) is 44.6 Å². The van der Waals surface area contributed by atoms with Gasteiger partial charge in [0.2, 0.25) is 15.9 Å². The van der Waals surface area contributed by atoms with Crippen LogP contribution in [0.1, 0.15) is 37.3 Å². The number of nitrogens with zero attached hydrogens (tertiary/aromatic N) is 2. The van der Waals surface area contributed by atoms with Gasteiger partial charge in [0.15, 0.2) is 0 Å². The van der Waals surface area contributed by atoms with E-state index < -0.39 is 10.0 Å². The Labute approximate surface area is 190 Å². The summed E-state index contributed by atoms with van der Waals surface area (Å²) >= 11 is 0. The summed E-state index contributed by atoms with van der Waals surface area (Å²) < 4.78 is 38.1. The molecule has 8 heteroatoms. The van der Waals surface area contributed by atoms with Gasteiger partial charge in [-0.05, 0) is 49.9 Å². The predicted octanol–water partition coefficient (Wildman–Crippen LogP) is 3.47. The minimum Gasteiger partial charge on any atom is -0.497 e. The molecular formula is C24H30N2O5S. The molecule has 0 saturated carbocycles. The number of hydrogen-bond donors (Lipinski definition) is 0. The maximum atomic E-state index is 13.4. The number of amides is 1. The number of carbonyl (C=O) groups excluding carboxylic acids is 1. The topological polar surface area (TPSA) is 76.2 Å². The zero-order valence-electron chi connectivity index (χ0n) is 18.6. The van der Waals surface area contributed by atoms with Crippen LogP contribution in [0.5, 0.6) is 11.5 Å². The molecule has 0 unspecified atom stereocenters. The summed E-state index contributed by atoms with van der Waals surface area (Å²) in [6.45, 7) is 1.43. The molecule has 2 aromatic carbocycles. The largest absolute Gasteiger partial charge is 0.497 e. The van der Waals surface area contributed by atoms with E-state index in [0.29, 0.717) is 43.1 Å². The van der Waals surface area contributed by atoms with Gasteiger partial charge in [-0.15, -0.1) is 0 Å². The van der Waals surface area contributed by atoms with Crippen LogP contribution in [-0.4, -0.2) is 57.4 Å². The SMILES string of the molecule is COc1ccc([C@H]2CCCN2C(=O)C2CCN(S(=O)(=O)c3ccccc3)CC2)c(OC)c1. The molecule has 1 atom stereocenters. The van der Waals surface area contributed by atoms with Crippen molar-refractivity contribution in [3.8, 4) is 11.5 Å². The van der Waals surface area contributed by atoms with Crippen LogP contribution in [0.25, 0.3) is 0 Å². The van der Waals surface area contributed by atoms with Crippen molar-refractivity contribution in [3.05, 3.63) is 54.1 Å². The monoisotopic (exact) mass is 458 g/mol. The van der Waals surface area contributed by atoms with Crippen LogP contribution < -0.4 is 9.47 Å². The van der Waals surface area contributed by atoms with Crippen LogP contribution in [0.15, 0.2) is 53.4 Å². The van der Waals surface area contributed by atoms with Gasteiger partial charge in [-0.3, -0.25) is 4.79 Å². The Morgan fingerprint density at radius 2 is 1.66 bits per heavy atom. The highest BCUT2D eigenvalue weighted by molar-refractivity contribution is 7.89. The van der Waals surface area contributed by atoms with Crippen molar-refractivity contribution in [3.63, 3.8) is 0 Å². The molecule has 2 heterocycles. The second-order valence-electron chi connectivity index (χ2n) is 8.29. The third kappa shape index (κ3) is 4.34. The fourth-order valence-corrected chi connectivity index (χ4v) is 6.26. The van der Waals surface area contributed by atoms with Crippen molar-refractivity contribution in [1.29, 1.82) is 0 Å². The highest BCUT2D eigenvalue weighted by Crippen LogP contribution is 2.40. The van der Waals surface area contributed by atoms with E-state index >= 15 is 0 Å². The van der Waals surface area contributed by atoms with E-state index in [9.17, 15) is 13.2 Å². The smallest absolute Gasteiger partial charge is 0.243 e.